The van der Waals surface area contributed by atoms with Gasteiger partial charge in [-0.3, -0.25) is 13.8 Å². The molecule has 0 aromatic carbocycles. The van der Waals surface area contributed by atoms with E-state index in [2.05, 4.69) is 50.3 Å². The van der Waals surface area contributed by atoms with Crippen LogP contribution in [0.3, 0.4) is 0 Å². The average molecular weight is 699 g/mol. The Bertz CT molecular complexity index is 911. The molecule has 48 heavy (non-hydrogen) atoms. The summed E-state index contributed by atoms with van der Waals surface area (Å²) in [6.07, 6.45) is 37.3. The van der Waals surface area contributed by atoms with E-state index < -0.39 is 19.9 Å². The van der Waals surface area contributed by atoms with Gasteiger partial charge in [0.1, 0.15) is 19.3 Å². The van der Waals surface area contributed by atoms with Gasteiger partial charge in [0.2, 0.25) is 0 Å². The Morgan fingerprint density at radius 1 is 0.667 bits per heavy atom. The zero-order valence-corrected chi connectivity index (χ0v) is 32.4. The Labute approximate surface area is 295 Å². The maximum Gasteiger partial charge on any atom is 0.472 e. The molecule has 0 rings (SSSR count). The molecule has 0 radical (unpaired) electrons. The molecule has 0 spiro atoms. The van der Waals surface area contributed by atoms with Crippen LogP contribution in [0.5, 0.6) is 0 Å². The van der Waals surface area contributed by atoms with E-state index in [1.807, 2.05) is 33.3 Å². The highest BCUT2D eigenvalue weighted by Gasteiger charge is 2.26. The number of hydrogen-bond donors (Lipinski definition) is 1. The number of hydrogen-bond acceptors (Lipinski definition) is 6. The maximum atomic E-state index is 12.6. The van der Waals surface area contributed by atoms with E-state index in [-0.39, 0.29) is 26.2 Å². The van der Waals surface area contributed by atoms with Crippen molar-refractivity contribution in [2.24, 2.45) is 0 Å². The predicted octanol–water partition coefficient (Wildman–Crippen LogP) is 10.4. The first kappa shape index (κ1) is 46.5. The first-order chi connectivity index (χ1) is 23.1. The molecule has 0 aliphatic rings. The fourth-order valence-electron chi connectivity index (χ4n) is 4.74. The Morgan fingerprint density at radius 3 is 1.69 bits per heavy atom. The second kappa shape index (κ2) is 32.7. The number of esters is 1. The summed E-state index contributed by atoms with van der Waals surface area (Å²) in [5.41, 5.74) is 0. The van der Waals surface area contributed by atoms with Crippen LogP contribution in [-0.2, 0) is 27.9 Å². The molecule has 1 N–H and O–H groups in total. The van der Waals surface area contributed by atoms with E-state index in [4.69, 9.17) is 18.5 Å². The molecule has 0 aliphatic heterocycles. The molecule has 0 amide bonds. The molecule has 0 fully saturated rings. The van der Waals surface area contributed by atoms with Gasteiger partial charge < -0.3 is 18.9 Å². The number of nitrogens with zero attached hydrogens (tertiary/aromatic N) is 1. The number of phosphoric acid groups is 1. The molecule has 2 unspecified atom stereocenters. The maximum absolute atomic E-state index is 12.6. The van der Waals surface area contributed by atoms with Crippen molar-refractivity contribution in [1.82, 2.24) is 0 Å². The van der Waals surface area contributed by atoms with Crippen LogP contribution in [0.25, 0.3) is 0 Å². The van der Waals surface area contributed by atoms with Gasteiger partial charge in [-0.15, -0.1) is 0 Å². The third-order valence-corrected chi connectivity index (χ3v) is 8.65. The summed E-state index contributed by atoms with van der Waals surface area (Å²) in [6.45, 7) is 5.39. The van der Waals surface area contributed by atoms with Crippen molar-refractivity contribution in [3.05, 3.63) is 48.6 Å². The standard InChI is InChI=1S/C39H72NO7P/c1-6-8-10-12-14-16-18-20-22-24-26-28-30-32-39(41)47-38(37-46-48(42,43)45-35-33-40(3,4)5)36-44-34-31-29-27-25-23-21-19-17-15-13-11-9-7-2/h8,10,14,16,20,22,26,28,38H,6-7,9,11-13,15,17-19,21,23-25,27,29-37H2,1-5H3/p+1/b10-8-,16-14-,22-20-,28-26-. The van der Waals surface area contributed by atoms with Gasteiger partial charge >= 0.3 is 13.8 Å². The summed E-state index contributed by atoms with van der Waals surface area (Å²) in [5.74, 6) is -0.394. The lowest BCUT2D eigenvalue weighted by molar-refractivity contribution is -0.870. The first-order valence-electron chi connectivity index (χ1n) is 18.9. The van der Waals surface area contributed by atoms with Gasteiger partial charge in [-0.1, -0.05) is 140 Å². The number of quaternary nitrogens is 1. The number of ether oxygens (including phenoxy) is 2. The van der Waals surface area contributed by atoms with Gasteiger partial charge in [0.05, 0.1) is 34.4 Å². The van der Waals surface area contributed by atoms with Gasteiger partial charge in [-0.05, 0) is 38.5 Å². The van der Waals surface area contributed by atoms with Crippen LogP contribution in [-0.4, -0.2) is 75.6 Å². The molecule has 9 heteroatoms. The fraction of sp³-hybridized carbons (Fsp3) is 0.769. The summed E-state index contributed by atoms with van der Waals surface area (Å²) in [5, 5.41) is 0. The van der Waals surface area contributed by atoms with Crippen LogP contribution in [0.4, 0.5) is 0 Å². The Hall–Kier alpha value is -1.54. The predicted molar refractivity (Wildman–Crippen MR) is 201 cm³/mol. The lowest BCUT2D eigenvalue weighted by atomic mass is 10.0. The van der Waals surface area contributed by atoms with E-state index in [0.29, 0.717) is 24.1 Å². The van der Waals surface area contributed by atoms with Gasteiger partial charge in [-0.25, -0.2) is 4.57 Å². The molecule has 8 nitrogen and oxygen atoms in total. The van der Waals surface area contributed by atoms with E-state index in [1.54, 1.807) is 0 Å². The van der Waals surface area contributed by atoms with Gasteiger partial charge in [0.15, 0.2) is 0 Å². The number of allylic oxidation sites excluding steroid dienone is 8. The monoisotopic (exact) mass is 699 g/mol. The summed E-state index contributed by atoms with van der Waals surface area (Å²) in [7, 11) is 1.62. The van der Waals surface area contributed by atoms with Crippen molar-refractivity contribution < 1.29 is 37.3 Å². The van der Waals surface area contributed by atoms with E-state index in [9.17, 15) is 14.3 Å². The van der Waals surface area contributed by atoms with Crippen LogP contribution in [0, 0.1) is 0 Å². The van der Waals surface area contributed by atoms with Crippen LogP contribution >= 0.6 is 7.82 Å². The average Bonchev–Trinajstić information content (AvgIpc) is 3.03. The summed E-state index contributed by atoms with van der Waals surface area (Å²) < 4.78 is 34.7. The first-order valence-corrected chi connectivity index (χ1v) is 20.4. The third-order valence-electron chi connectivity index (χ3n) is 7.67. The van der Waals surface area contributed by atoms with Gasteiger partial charge in [0, 0.05) is 13.0 Å². The lowest BCUT2D eigenvalue weighted by Gasteiger charge is -2.24. The largest absolute Gasteiger partial charge is 0.472 e. The Morgan fingerprint density at radius 2 is 1.17 bits per heavy atom. The number of phosphoric ester groups is 1. The van der Waals surface area contributed by atoms with Crippen molar-refractivity contribution in [3.63, 3.8) is 0 Å². The zero-order valence-electron chi connectivity index (χ0n) is 31.5. The van der Waals surface area contributed by atoms with Crippen LogP contribution in [0.1, 0.15) is 136 Å². The minimum Gasteiger partial charge on any atom is -0.457 e. The van der Waals surface area contributed by atoms with Crippen LogP contribution in [0.2, 0.25) is 0 Å². The topological polar surface area (TPSA) is 91.3 Å². The van der Waals surface area contributed by atoms with Crippen molar-refractivity contribution in [3.8, 4) is 0 Å². The Balaban J connectivity index is 4.42. The number of carbonyl (C=O) groups excluding carboxylic acids is 1. The smallest absolute Gasteiger partial charge is 0.457 e. The second-order valence-electron chi connectivity index (χ2n) is 13.6. The van der Waals surface area contributed by atoms with Crippen LogP contribution < -0.4 is 0 Å². The third kappa shape index (κ3) is 35.8. The molecule has 0 aromatic rings. The normalized spacial score (nSPS) is 14.5. The van der Waals surface area contributed by atoms with Crippen molar-refractivity contribution in [1.29, 1.82) is 0 Å². The number of likely N-dealkylation sites (N-methyl/N-ethyl adjacent to an activating group) is 1. The minimum atomic E-state index is -4.28. The fourth-order valence-corrected chi connectivity index (χ4v) is 5.48. The van der Waals surface area contributed by atoms with Gasteiger partial charge in [0.25, 0.3) is 0 Å². The lowest BCUT2D eigenvalue weighted by Crippen LogP contribution is -2.37. The molecule has 280 valence electrons. The molecule has 0 heterocycles. The summed E-state index contributed by atoms with van der Waals surface area (Å²) >= 11 is 0. The molecule has 0 aliphatic carbocycles. The zero-order chi connectivity index (χ0) is 35.6. The minimum absolute atomic E-state index is 0.0755. The summed E-state index contributed by atoms with van der Waals surface area (Å²) in [4.78, 5) is 22.7. The molecule has 2 atom stereocenters. The second-order valence-corrected chi connectivity index (χ2v) is 15.0. The van der Waals surface area contributed by atoms with Crippen molar-refractivity contribution in [2.45, 2.75) is 142 Å². The molecule has 0 saturated heterocycles. The van der Waals surface area contributed by atoms with E-state index in [0.717, 1.165) is 38.5 Å². The van der Waals surface area contributed by atoms with Crippen molar-refractivity contribution >= 4 is 13.8 Å². The van der Waals surface area contributed by atoms with Crippen molar-refractivity contribution in [2.75, 3.05) is 54.1 Å². The highest BCUT2D eigenvalue weighted by atomic mass is 31.2. The highest BCUT2D eigenvalue weighted by molar-refractivity contribution is 7.47. The summed E-state index contributed by atoms with van der Waals surface area (Å²) in [6, 6.07) is 0. The van der Waals surface area contributed by atoms with Crippen LogP contribution in [0.15, 0.2) is 48.6 Å². The van der Waals surface area contributed by atoms with E-state index >= 15 is 0 Å². The number of carbonyl (C=O) groups is 1. The number of rotatable bonds is 34. The number of unbranched alkanes of at least 4 members (excludes halogenated alkanes) is 12. The van der Waals surface area contributed by atoms with Gasteiger partial charge in [-0.2, -0.15) is 0 Å². The molecule has 0 aromatic heterocycles. The highest BCUT2D eigenvalue weighted by Crippen LogP contribution is 2.43. The molecular weight excluding hydrogens is 625 g/mol. The van der Waals surface area contributed by atoms with E-state index in [1.165, 1.54) is 70.6 Å². The quantitative estimate of drug-likeness (QED) is 0.0235. The molecule has 0 saturated carbocycles. The Kier molecular flexibility index (Phi) is 31.6. The molecule has 0 bridgehead atoms. The SMILES string of the molecule is CC/C=C\C/C=C\C/C=C\C/C=C\CCC(=O)OC(COCCCCCCCCCCCCCCC)COP(=O)(O)OCC[N+](C)(C)C. The molecular formula is C39H73NO7P+.